The molecule has 2 unspecified atom stereocenters. The second kappa shape index (κ2) is 7.12. The summed E-state index contributed by atoms with van der Waals surface area (Å²) in [6, 6.07) is 0. The van der Waals surface area contributed by atoms with E-state index in [1.807, 2.05) is 18.7 Å². The number of carbonyl (C=O) groups is 1. The fourth-order valence-corrected chi connectivity index (χ4v) is 2.95. The molecule has 1 amide bonds. The van der Waals surface area contributed by atoms with Gasteiger partial charge in [-0.2, -0.15) is 11.8 Å². The van der Waals surface area contributed by atoms with E-state index in [4.69, 9.17) is 5.73 Å². The monoisotopic (exact) mass is 230 g/mol. The first-order valence-corrected chi connectivity index (χ1v) is 6.88. The molecule has 15 heavy (non-hydrogen) atoms. The van der Waals surface area contributed by atoms with Gasteiger partial charge in [0, 0.05) is 17.7 Å². The summed E-state index contributed by atoms with van der Waals surface area (Å²) in [4.78, 5) is 11.6. The van der Waals surface area contributed by atoms with Crippen LogP contribution in [0, 0.1) is 5.92 Å². The van der Waals surface area contributed by atoms with Crippen molar-refractivity contribution < 1.29 is 4.79 Å². The van der Waals surface area contributed by atoms with E-state index >= 15 is 0 Å². The van der Waals surface area contributed by atoms with Crippen LogP contribution in [0.2, 0.25) is 0 Å². The maximum absolute atomic E-state index is 11.6. The summed E-state index contributed by atoms with van der Waals surface area (Å²) >= 11 is 1.98. The van der Waals surface area contributed by atoms with Gasteiger partial charge in [-0.25, -0.2) is 0 Å². The molecule has 88 valence electrons. The lowest BCUT2D eigenvalue weighted by Crippen LogP contribution is -2.34. The Kier molecular flexibility index (Phi) is 6.10. The summed E-state index contributed by atoms with van der Waals surface area (Å²) in [6.45, 7) is 3.50. The quantitative estimate of drug-likeness (QED) is 0.724. The van der Waals surface area contributed by atoms with Crippen molar-refractivity contribution in [2.24, 2.45) is 11.7 Å². The van der Waals surface area contributed by atoms with Crippen molar-refractivity contribution in [1.29, 1.82) is 0 Å². The maximum atomic E-state index is 11.6. The lowest BCUT2D eigenvalue weighted by molar-refractivity contribution is -0.124. The highest BCUT2D eigenvalue weighted by molar-refractivity contribution is 8.00. The predicted molar refractivity (Wildman–Crippen MR) is 65.9 cm³/mol. The molecule has 1 rings (SSSR count). The molecular weight excluding hydrogens is 208 g/mol. The second-order valence-corrected chi connectivity index (χ2v) is 5.62. The molecule has 0 aromatic rings. The van der Waals surface area contributed by atoms with Crippen molar-refractivity contribution in [3.8, 4) is 0 Å². The Labute approximate surface area is 96.6 Å². The fourth-order valence-electron chi connectivity index (χ4n) is 1.75. The number of amides is 1. The van der Waals surface area contributed by atoms with Crippen molar-refractivity contribution in [3.05, 3.63) is 0 Å². The van der Waals surface area contributed by atoms with Crippen LogP contribution < -0.4 is 11.1 Å². The molecule has 0 aromatic carbocycles. The SMILES string of the molecule is CC(CCCN)C(=O)NCC1CCCS1. The van der Waals surface area contributed by atoms with E-state index in [0.717, 1.165) is 19.4 Å². The average Bonchev–Trinajstić information content (AvgIpc) is 2.75. The molecule has 0 aromatic heterocycles. The van der Waals surface area contributed by atoms with E-state index in [1.54, 1.807) is 0 Å². The lowest BCUT2D eigenvalue weighted by Gasteiger charge is -2.14. The lowest BCUT2D eigenvalue weighted by atomic mass is 10.0. The van der Waals surface area contributed by atoms with Crippen LogP contribution in [0.15, 0.2) is 0 Å². The number of nitrogens with one attached hydrogen (secondary N) is 1. The highest BCUT2D eigenvalue weighted by Crippen LogP contribution is 2.25. The fraction of sp³-hybridized carbons (Fsp3) is 0.909. The number of thioether (sulfide) groups is 1. The number of hydrogen-bond acceptors (Lipinski definition) is 3. The Morgan fingerprint density at radius 3 is 3.07 bits per heavy atom. The van der Waals surface area contributed by atoms with Gasteiger partial charge in [-0.1, -0.05) is 6.92 Å². The maximum Gasteiger partial charge on any atom is 0.222 e. The topological polar surface area (TPSA) is 55.1 Å². The van der Waals surface area contributed by atoms with Gasteiger partial charge in [0.1, 0.15) is 0 Å². The van der Waals surface area contributed by atoms with Crippen LogP contribution in [0.3, 0.4) is 0 Å². The van der Waals surface area contributed by atoms with Crippen molar-refractivity contribution in [1.82, 2.24) is 5.32 Å². The van der Waals surface area contributed by atoms with Crippen LogP contribution in [0.4, 0.5) is 0 Å². The number of rotatable bonds is 6. The van der Waals surface area contributed by atoms with Gasteiger partial charge in [0.25, 0.3) is 0 Å². The molecule has 0 aliphatic carbocycles. The molecule has 1 saturated heterocycles. The zero-order chi connectivity index (χ0) is 11.1. The minimum atomic E-state index is 0.111. The van der Waals surface area contributed by atoms with Crippen molar-refractivity contribution >= 4 is 17.7 Å². The average molecular weight is 230 g/mol. The molecule has 3 nitrogen and oxygen atoms in total. The van der Waals surface area contributed by atoms with Gasteiger partial charge in [-0.05, 0) is 38.0 Å². The molecule has 2 atom stereocenters. The van der Waals surface area contributed by atoms with Crippen LogP contribution in [0.25, 0.3) is 0 Å². The Bertz CT molecular complexity index is 193. The molecule has 1 aliphatic heterocycles. The number of nitrogens with two attached hydrogens (primary N) is 1. The van der Waals surface area contributed by atoms with Crippen LogP contribution in [0.5, 0.6) is 0 Å². The van der Waals surface area contributed by atoms with Gasteiger partial charge in [0.05, 0.1) is 0 Å². The van der Waals surface area contributed by atoms with Gasteiger partial charge in [0.15, 0.2) is 0 Å². The highest BCUT2D eigenvalue weighted by atomic mass is 32.2. The van der Waals surface area contributed by atoms with Crippen LogP contribution in [-0.2, 0) is 4.79 Å². The normalized spacial score (nSPS) is 22.7. The summed E-state index contributed by atoms with van der Waals surface area (Å²) in [6.07, 6.45) is 4.39. The van der Waals surface area contributed by atoms with Crippen molar-refractivity contribution in [3.63, 3.8) is 0 Å². The highest BCUT2D eigenvalue weighted by Gasteiger charge is 2.18. The van der Waals surface area contributed by atoms with E-state index in [2.05, 4.69) is 5.32 Å². The molecule has 0 saturated carbocycles. The van der Waals surface area contributed by atoms with Gasteiger partial charge in [0.2, 0.25) is 5.91 Å². The molecule has 1 heterocycles. The number of hydrogen-bond donors (Lipinski definition) is 2. The Hall–Kier alpha value is -0.220. The third-order valence-electron chi connectivity index (χ3n) is 2.82. The molecule has 0 radical (unpaired) electrons. The van der Waals surface area contributed by atoms with E-state index in [9.17, 15) is 4.79 Å². The Balaban J connectivity index is 2.11. The van der Waals surface area contributed by atoms with E-state index in [-0.39, 0.29) is 11.8 Å². The Morgan fingerprint density at radius 1 is 1.67 bits per heavy atom. The van der Waals surface area contributed by atoms with Gasteiger partial charge < -0.3 is 11.1 Å². The molecule has 1 aliphatic rings. The van der Waals surface area contributed by atoms with E-state index < -0.39 is 0 Å². The zero-order valence-corrected chi connectivity index (χ0v) is 10.3. The number of carbonyl (C=O) groups excluding carboxylic acids is 1. The smallest absolute Gasteiger partial charge is 0.222 e. The summed E-state index contributed by atoms with van der Waals surface area (Å²) in [7, 11) is 0. The van der Waals surface area contributed by atoms with Crippen molar-refractivity contribution in [2.75, 3.05) is 18.8 Å². The first kappa shape index (κ1) is 12.8. The third kappa shape index (κ3) is 4.89. The molecular formula is C11H22N2OS. The summed E-state index contributed by atoms with van der Waals surface area (Å²) in [5.41, 5.74) is 5.42. The molecule has 0 bridgehead atoms. The van der Waals surface area contributed by atoms with Crippen LogP contribution in [-0.4, -0.2) is 30.0 Å². The molecule has 1 fully saturated rings. The van der Waals surface area contributed by atoms with Crippen LogP contribution >= 0.6 is 11.8 Å². The van der Waals surface area contributed by atoms with E-state index in [1.165, 1.54) is 18.6 Å². The molecule has 3 N–H and O–H groups in total. The third-order valence-corrected chi connectivity index (χ3v) is 4.21. The predicted octanol–water partition coefficient (Wildman–Crippen LogP) is 1.37. The van der Waals surface area contributed by atoms with Crippen LogP contribution in [0.1, 0.15) is 32.6 Å². The van der Waals surface area contributed by atoms with Gasteiger partial charge in [-0.15, -0.1) is 0 Å². The van der Waals surface area contributed by atoms with Gasteiger partial charge >= 0.3 is 0 Å². The standard InChI is InChI=1S/C11H22N2OS/c1-9(4-2-6-12)11(14)13-8-10-5-3-7-15-10/h9-10H,2-8,12H2,1H3,(H,13,14). The summed E-state index contributed by atoms with van der Waals surface area (Å²) in [5.74, 6) is 1.56. The minimum Gasteiger partial charge on any atom is -0.355 e. The van der Waals surface area contributed by atoms with Gasteiger partial charge in [-0.3, -0.25) is 4.79 Å². The zero-order valence-electron chi connectivity index (χ0n) is 9.50. The summed E-state index contributed by atoms with van der Waals surface area (Å²) in [5, 5.41) is 3.68. The first-order valence-electron chi connectivity index (χ1n) is 5.83. The van der Waals surface area contributed by atoms with E-state index in [0.29, 0.717) is 11.8 Å². The molecule has 0 spiro atoms. The molecule has 4 heteroatoms. The van der Waals surface area contributed by atoms with Crippen molar-refractivity contribution in [2.45, 2.75) is 37.9 Å². The summed E-state index contributed by atoms with van der Waals surface area (Å²) < 4.78 is 0. The minimum absolute atomic E-state index is 0.111. The second-order valence-electron chi connectivity index (χ2n) is 4.21. The first-order chi connectivity index (χ1) is 7.24. The Morgan fingerprint density at radius 2 is 2.47 bits per heavy atom. The largest absolute Gasteiger partial charge is 0.355 e.